The molecule has 1 aliphatic carbocycles. The molecule has 26 heavy (non-hydrogen) atoms. The Bertz CT molecular complexity index is 801. The fourth-order valence-electron chi connectivity index (χ4n) is 2.98. The molecule has 2 atom stereocenters. The first kappa shape index (κ1) is 18.5. The van der Waals surface area contributed by atoms with E-state index in [1.165, 1.54) is 7.11 Å². The number of methoxy groups -OCH3 is 1. The number of carbonyl (C=O) groups is 1. The minimum atomic E-state index is -0.349. The molecule has 0 spiro atoms. The van der Waals surface area contributed by atoms with Gasteiger partial charge in [0.2, 0.25) is 5.88 Å². The third-order valence-corrected chi connectivity index (χ3v) is 4.56. The average Bonchev–Trinajstić information content (AvgIpc) is 2.96. The second-order valence-electron chi connectivity index (χ2n) is 6.76. The van der Waals surface area contributed by atoms with Crippen molar-refractivity contribution in [3.63, 3.8) is 0 Å². The van der Waals surface area contributed by atoms with Gasteiger partial charge in [0.25, 0.3) is 0 Å². The number of nitrogens with zero attached hydrogens (tertiary/aromatic N) is 3. The number of rotatable bonds is 5. The Morgan fingerprint density at radius 2 is 2.19 bits per heavy atom. The highest BCUT2D eigenvalue weighted by molar-refractivity contribution is 6.32. The summed E-state index contributed by atoms with van der Waals surface area (Å²) < 4.78 is 10.4. The van der Waals surface area contributed by atoms with Crippen LogP contribution in [0.1, 0.15) is 19.4 Å². The Labute approximate surface area is 158 Å². The van der Waals surface area contributed by atoms with Crippen molar-refractivity contribution in [2.24, 2.45) is 16.9 Å². The quantitative estimate of drug-likeness (QED) is 0.740. The van der Waals surface area contributed by atoms with Crippen LogP contribution in [0.3, 0.4) is 0 Å². The number of carbonyl (C=O) groups excluding carboxylic acids is 1. The summed E-state index contributed by atoms with van der Waals surface area (Å²) >= 11 is 6.34. The number of pyridine rings is 1. The molecule has 0 saturated heterocycles. The van der Waals surface area contributed by atoms with E-state index in [-0.39, 0.29) is 17.9 Å². The van der Waals surface area contributed by atoms with E-state index in [2.05, 4.69) is 23.9 Å². The number of esters is 1. The maximum absolute atomic E-state index is 11.8. The minimum absolute atomic E-state index is 0.0219. The van der Waals surface area contributed by atoms with Crippen LogP contribution in [0.2, 0.25) is 5.02 Å². The van der Waals surface area contributed by atoms with Crippen LogP contribution in [-0.2, 0) is 9.53 Å². The molecular weight excluding hydrogens is 354 g/mol. The summed E-state index contributed by atoms with van der Waals surface area (Å²) in [5, 5.41) is 6.93. The van der Waals surface area contributed by atoms with E-state index in [1.807, 2.05) is 30.3 Å². The number of hydrogen-bond acceptors (Lipinski definition) is 6. The number of hydrogen-bond donors (Lipinski definition) is 0. The lowest BCUT2D eigenvalue weighted by molar-refractivity contribution is -0.135. The number of halogens is 1. The average molecular weight is 376 g/mol. The van der Waals surface area contributed by atoms with Crippen LogP contribution in [0.15, 0.2) is 41.2 Å². The summed E-state index contributed by atoms with van der Waals surface area (Å²) in [7, 11) is 3.25. The van der Waals surface area contributed by atoms with Gasteiger partial charge in [-0.2, -0.15) is 5.10 Å². The van der Waals surface area contributed by atoms with Crippen LogP contribution in [0.25, 0.3) is 0 Å². The lowest BCUT2D eigenvalue weighted by atomic mass is 9.86. The molecule has 1 aromatic heterocycles. The molecule has 0 N–H and O–H groups in total. The van der Waals surface area contributed by atoms with Gasteiger partial charge in [-0.25, -0.2) is 9.78 Å². The lowest BCUT2D eigenvalue weighted by Gasteiger charge is -2.23. The summed E-state index contributed by atoms with van der Waals surface area (Å²) in [6.45, 7) is 4.69. The molecule has 0 radical (unpaired) electrons. The van der Waals surface area contributed by atoms with Crippen molar-refractivity contribution in [2.75, 3.05) is 20.8 Å². The maximum Gasteiger partial charge on any atom is 0.337 e. The molecule has 6 nitrogen and oxygen atoms in total. The normalized spacial score (nSPS) is 21.4. The minimum Gasteiger partial charge on any atom is -0.476 e. The summed E-state index contributed by atoms with van der Waals surface area (Å²) in [4.78, 5) is 16.1. The molecule has 138 valence electrons. The smallest absolute Gasteiger partial charge is 0.337 e. The zero-order valence-electron chi connectivity index (χ0n) is 15.3. The van der Waals surface area contributed by atoms with Gasteiger partial charge in [0.1, 0.15) is 5.02 Å². The molecular formula is C19H22ClN3O3. The third-order valence-electron chi connectivity index (χ3n) is 4.29. The van der Waals surface area contributed by atoms with Gasteiger partial charge in [-0.3, -0.25) is 5.01 Å². The van der Waals surface area contributed by atoms with Crippen molar-refractivity contribution in [3.05, 3.63) is 46.7 Å². The molecule has 0 fully saturated rings. The van der Waals surface area contributed by atoms with E-state index >= 15 is 0 Å². The molecule has 2 unspecified atom stereocenters. The van der Waals surface area contributed by atoms with Crippen molar-refractivity contribution >= 4 is 23.3 Å². The predicted octanol–water partition coefficient (Wildman–Crippen LogP) is 3.07. The number of likely N-dealkylation sites (N-methyl/N-ethyl adjacent to an activating group) is 1. The first-order chi connectivity index (χ1) is 12.4. The first-order valence-corrected chi connectivity index (χ1v) is 8.87. The van der Waals surface area contributed by atoms with Gasteiger partial charge in [-0.05, 0) is 18.1 Å². The van der Waals surface area contributed by atoms with Gasteiger partial charge in [0.05, 0.1) is 31.0 Å². The summed E-state index contributed by atoms with van der Waals surface area (Å²) in [5.74, 6) is 0.496. The summed E-state index contributed by atoms with van der Waals surface area (Å²) in [6.07, 6.45) is 7.35. The van der Waals surface area contributed by atoms with Crippen molar-refractivity contribution in [2.45, 2.75) is 19.9 Å². The Kier molecular flexibility index (Phi) is 5.32. The number of ether oxygens (including phenoxy) is 2. The van der Waals surface area contributed by atoms with Crippen molar-refractivity contribution in [3.8, 4) is 5.88 Å². The van der Waals surface area contributed by atoms with Gasteiger partial charge in [0.15, 0.2) is 0 Å². The molecule has 2 heterocycles. The number of aromatic nitrogens is 1. The third kappa shape index (κ3) is 3.60. The largest absolute Gasteiger partial charge is 0.476 e. The van der Waals surface area contributed by atoms with Crippen LogP contribution in [-0.4, -0.2) is 48.5 Å². The molecule has 3 rings (SSSR count). The highest BCUT2D eigenvalue weighted by Crippen LogP contribution is 2.33. The fraction of sp³-hybridized carbons (Fsp3) is 0.421. The van der Waals surface area contributed by atoms with Crippen LogP contribution in [0, 0.1) is 11.8 Å². The summed E-state index contributed by atoms with van der Waals surface area (Å²) in [6, 6.07) is 1.78. The monoisotopic (exact) mass is 375 g/mol. The molecule has 7 heteroatoms. The fourth-order valence-corrected chi connectivity index (χ4v) is 3.20. The van der Waals surface area contributed by atoms with Gasteiger partial charge >= 0.3 is 5.97 Å². The van der Waals surface area contributed by atoms with Gasteiger partial charge in [0, 0.05) is 24.7 Å². The maximum atomic E-state index is 11.8. The van der Waals surface area contributed by atoms with Gasteiger partial charge < -0.3 is 9.47 Å². The van der Waals surface area contributed by atoms with E-state index in [1.54, 1.807) is 12.3 Å². The van der Waals surface area contributed by atoms with Crippen LogP contribution in [0.4, 0.5) is 0 Å². The van der Waals surface area contributed by atoms with E-state index in [0.717, 1.165) is 11.3 Å². The van der Waals surface area contributed by atoms with Gasteiger partial charge in [-0.15, -0.1) is 0 Å². The Hall–Kier alpha value is -2.34. The number of hydrazone groups is 1. The van der Waals surface area contributed by atoms with E-state index in [4.69, 9.17) is 21.1 Å². The zero-order chi connectivity index (χ0) is 18.8. The predicted molar refractivity (Wildman–Crippen MR) is 100 cm³/mol. The van der Waals surface area contributed by atoms with Crippen LogP contribution >= 0.6 is 11.6 Å². The molecule has 0 saturated carbocycles. The van der Waals surface area contributed by atoms with Crippen LogP contribution in [0.5, 0.6) is 5.88 Å². The summed E-state index contributed by atoms with van der Waals surface area (Å²) in [5.41, 5.74) is 2.23. The Morgan fingerprint density at radius 3 is 2.85 bits per heavy atom. The zero-order valence-corrected chi connectivity index (χ0v) is 16.0. The second kappa shape index (κ2) is 7.50. The van der Waals surface area contributed by atoms with Crippen molar-refractivity contribution in [1.82, 2.24) is 9.99 Å². The standard InChI is InChI=1S/C19H22ClN3O3/c1-11(2)10-26-18-15(20)7-13(9-21-18)17-14-6-5-12(19(24)25-4)8-16(14)23(3)22-17/h5-9,11,14,16H,10H2,1-4H3. The molecule has 0 amide bonds. The molecule has 1 aromatic rings. The molecule has 1 aliphatic heterocycles. The van der Waals surface area contributed by atoms with Crippen LogP contribution < -0.4 is 4.74 Å². The van der Waals surface area contributed by atoms with Crippen molar-refractivity contribution < 1.29 is 14.3 Å². The molecule has 0 aromatic carbocycles. The SMILES string of the molecule is COC(=O)C1=CC2C(C=C1)C(c1cnc(OCC(C)C)c(Cl)c1)=NN2C. The molecule has 2 aliphatic rings. The first-order valence-electron chi connectivity index (χ1n) is 8.49. The van der Waals surface area contributed by atoms with E-state index < -0.39 is 0 Å². The Balaban J connectivity index is 1.82. The molecule has 0 bridgehead atoms. The highest BCUT2D eigenvalue weighted by Gasteiger charge is 2.36. The highest BCUT2D eigenvalue weighted by atomic mass is 35.5. The van der Waals surface area contributed by atoms with E-state index in [0.29, 0.717) is 29.0 Å². The topological polar surface area (TPSA) is 64.0 Å². The lowest BCUT2D eigenvalue weighted by Crippen LogP contribution is -2.31. The van der Waals surface area contributed by atoms with Gasteiger partial charge in [-0.1, -0.05) is 37.6 Å². The second-order valence-corrected chi connectivity index (χ2v) is 7.17. The van der Waals surface area contributed by atoms with Crippen molar-refractivity contribution in [1.29, 1.82) is 0 Å². The number of fused-ring (bicyclic) bond motifs is 1. The van der Waals surface area contributed by atoms with E-state index in [9.17, 15) is 4.79 Å². The Morgan fingerprint density at radius 1 is 1.42 bits per heavy atom.